The fourth-order valence-electron chi connectivity index (χ4n) is 1.59. The molecule has 0 bridgehead atoms. The summed E-state index contributed by atoms with van der Waals surface area (Å²) in [6, 6.07) is 3.31. The van der Waals surface area contributed by atoms with Crippen LogP contribution in [-0.2, 0) is 4.79 Å². The van der Waals surface area contributed by atoms with E-state index in [0.717, 1.165) is 11.8 Å². The summed E-state index contributed by atoms with van der Waals surface area (Å²) in [6.07, 6.45) is 1.57. The van der Waals surface area contributed by atoms with Crippen LogP contribution in [0.3, 0.4) is 0 Å². The van der Waals surface area contributed by atoms with Crippen LogP contribution in [0.25, 0.3) is 6.08 Å². The molecule has 0 aliphatic carbocycles. The maximum Gasteiger partial charge on any atom is 0.290 e. The van der Waals surface area contributed by atoms with Crippen LogP contribution >= 0.6 is 23.4 Å². The predicted octanol–water partition coefficient (Wildman–Crippen LogP) is 2.68. The molecule has 1 aromatic carbocycles. The molecule has 1 aromatic rings. The van der Waals surface area contributed by atoms with Crippen molar-refractivity contribution in [1.29, 1.82) is 0 Å². The van der Waals surface area contributed by atoms with E-state index < -0.39 is 5.91 Å². The van der Waals surface area contributed by atoms with Gasteiger partial charge in [0.05, 0.1) is 24.1 Å². The first-order valence-electron chi connectivity index (χ1n) is 5.21. The lowest BCUT2D eigenvalue weighted by atomic mass is 10.2. The van der Waals surface area contributed by atoms with E-state index in [2.05, 4.69) is 5.32 Å². The minimum atomic E-state index is -0.416. The van der Waals surface area contributed by atoms with Crippen molar-refractivity contribution in [2.45, 2.75) is 0 Å². The van der Waals surface area contributed by atoms with Gasteiger partial charge >= 0.3 is 0 Å². The Kier molecular flexibility index (Phi) is 4.01. The van der Waals surface area contributed by atoms with Crippen molar-refractivity contribution in [3.8, 4) is 11.5 Å². The van der Waals surface area contributed by atoms with Gasteiger partial charge in [-0.1, -0.05) is 11.6 Å². The number of thioether (sulfide) groups is 1. The second-order valence-electron chi connectivity index (χ2n) is 3.59. The number of carbonyl (C=O) groups excluding carboxylic acids is 2. The van der Waals surface area contributed by atoms with E-state index in [1.807, 2.05) is 0 Å². The van der Waals surface area contributed by atoms with Gasteiger partial charge < -0.3 is 9.47 Å². The number of carbonyl (C=O) groups is 2. The van der Waals surface area contributed by atoms with Gasteiger partial charge in [0.25, 0.3) is 11.1 Å². The molecule has 5 nitrogen and oxygen atoms in total. The topological polar surface area (TPSA) is 64.6 Å². The molecule has 0 radical (unpaired) electrons. The molecule has 1 aliphatic rings. The summed E-state index contributed by atoms with van der Waals surface area (Å²) in [6.45, 7) is 0. The predicted molar refractivity (Wildman–Crippen MR) is 73.7 cm³/mol. The Balaban J connectivity index is 2.42. The Bertz CT molecular complexity index is 585. The normalized spacial score (nSPS) is 16.7. The number of hydrogen-bond acceptors (Lipinski definition) is 5. The highest BCUT2D eigenvalue weighted by Crippen LogP contribution is 2.37. The number of amides is 2. The molecule has 1 heterocycles. The lowest BCUT2D eigenvalue weighted by Gasteiger charge is -2.10. The third-order valence-corrected chi connectivity index (χ3v) is 3.49. The van der Waals surface area contributed by atoms with Gasteiger partial charge in [0.15, 0.2) is 11.5 Å². The molecule has 0 atom stereocenters. The van der Waals surface area contributed by atoms with E-state index in [1.54, 1.807) is 18.2 Å². The van der Waals surface area contributed by atoms with E-state index in [0.29, 0.717) is 27.0 Å². The first kappa shape index (κ1) is 13.8. The van der Waals surface area contributed by atoms with Crippen molar-refractivity contribution >= 4 is 40.6 Å². The molecule has 0 unspecified atom stereocenters. The Morgan fingerprint density at radius 1 is 1.26 bits per heavy atom. The van der Waals surface area contributed by atoms with Crippen molar-refractivity contribution in [2.24, 2.45) is 0 Å². The molecule has 1 saturated heterocycles. The van der Waals surface area contributed by atoms with Crippen LogP contribution < -0.4 is 14.8 Å². The number of benzene rings is 1. The second kappa shape index (κ2) is 5.54. The van der Waals surface area contributed by atoms with E-state index in [4.69, 9.17) is 21.1 Å². The molecule has 2 amide bonds. The largest absolute Gasteiger partial charge is 0.493 e. The highest BCUT2D eigenvalue weighted by molar-refractivity contribution is 8.18. The molecule has 0 saturated carbocycles. The Morgan fingerprint density at radius 2 is 2.00 bits per heavy atom. The van der Waals surface area contributed by atoms with Crippen LogP contribution in [-0.4, -0.2) is 25.4 Å². The van der Waals surface area contributed by atoms with Gasteiger partial charge in [-0.15, -0.1) is 0 Å². The summed E-state index contributed by atoms with van der Waals surface area (Å²) in [5.74, 6) is 0.461. The molecule has 19 heavy (non-hydrogen) atoms. The number of ether oxygens (including phenoxy) is 2. The number of hydrogen-bond donors (Lipinski definition) is 1. The van der Waals surface area contributed by atoms with Gasteiger partial charge in [-0.2, -0.15) is 0 Å². The van der Waals surface area contributed by atoms with Gasteiger partial charge in [-0.05, 0) is 35.5 Å². The zero-order chi connectivity index (χ0) is 14.0. The van der Waals surface area contributed by atoms with Crippen molar-refractivity contribution in [2.75, 3.05) is 14.2 Å². The van der Waals surface area contributed by atoms with E-state index in [-0.39, 0.29) is 5.24 Å². The summed E-state index contributed by atoms with van der Waals surface area (Å²) in [5, 5.41) is 2.16. The maximum absolute atomic E-state index is 11.4. The van der Waals surface area contributed by atoms with Crippen LogP contribution in [0.2, 0.25) is 5.02 Å². The highest BCUT2D eigenvalue weighted by atomic mass is 35.5. The molecule has 100 valence electrons. The zero-order valence-corrected chi connectivity index (χ0v) is 11.7. The first-order valence-corrected chi connectivity index (χ1v) is 6.41. The molecular formula is C12H10ClNO4S. The van der Waals surface area contributed by atoms with Crippen molar-refractivity contribution < 1.29 is 19.1 Å². The second-order valence-corrected chi connectivity index (χ2v) is 5.01. The number of rotatable bonds is 3. The zero-order valence-electron chi connectivity index (χ0n) is 10.2. The standard InChI is InChI=1S/C12H10ClNO4S/c1-17-8-4-6(3-7(13)10(8)18-2)5-9-11(15)14-12(16)19-9/h3-5H,1-2H3,(H,14,15,16)/b9-5-. The van der Waals surface area contributed by atoms with Crippen molar-refractivity contribution in [1.82, 2.24) is 5.32 Å². The van der Waals surface area contributed by atoms with Crippen LogP contribution in [0.1, 0.15) is 5.56 Å². The molecule has 2 rings (SSSR count). The quantitative estimate of drug-likeness (QED) is 0.869. The van der Waals surface area contributed by atoms with E-state index in [9.17, 15) is 9.59 Å². The molecule has 1 N–H and O–H groups in total. The van der Waals surface area contributed by atoms with Gasteiger partial charge in [0.2, 0.25) is 0 Å². The molecule has 1 aliphatic heterocycles. The average Bonchev–Trinajstić information content (AvgIpc) is 2.67. The molecule has 0 spiro atoms. The minimum Gasteiger partial charge on any atom is -0.493 e. The fraction of sp³-hybridized carbons (Fsp3) is 0.167. The summed E-state index contributed by atoms with van der Waals surface area (Å²) in [4.78, 5) is 22.8. The lowest BCUT2D eigenvalue weighted by molar-refractivity contribution is -0.115. The monoisotopic (exact) mass is 299 g/mol. The summed E-state index contributed by atoms with van der Waals surface area (Å²) >= 11 is 6.90. The summed E-state index contributed by atoms with van der Waals surface area (Å²) < 4.78 is 10.3. The van der Waals surface area contributed by atoms with Crippen molar-refractivity contribution in [3.63, 3.8) is 0 Å². The summed E-state index contributed by atoms with van der Waals surface area (Å²) in [5.41, 5.74) is 0.648. The summed E-state index contributed by atoms with van der Waals surface area (Å²) in [7, 11) is 2.98. The lowest BCUT2D eigenvalue weighted by Crippen LogP contribution is -2.17. The molecule has 0 aromatic heterocycles. The minimum absolute atomic E-state index is 0.313. The smallest absolute Gasteiger partial charge is 0.290 e. The average molecular weight is 300 g/mol. The number of nitrogens with one attached hydrogen (secondary N) is 1. The molecular weight excluding hydrogens is 290 g/mol. The Morgan fingerprint density at radius 3 is 2.53 bits per heavy atom. The first-order chi connectivity index (χ1) is 9.05. The van der Waals surface area contributed by atoms with Crippen LogP contribution in [0.4, 0.5) is 4.79 Å². The SMILES string of the molecule is COc1cc(/C=C2\SC(=O)NC2=O)cc(Cl)c1OC. The van der Waals surface area contributed by atoms with Gasteiger partial charge in [-0.3, -0.25) is 14.9 Å². The van der Waals surface area contributed by atoms with Crippen molar-refractivity contribution in [3.05, 3.63) is 27.6 Å². The Labute approximate surface area is 118 Å². The third-order valence-electron chi connectivity index (χ3n) is 2.40. The number of imide groups is 1. The highest BCUT2D eigenvalue weighted by Gasteiger charge is 2.25. The van der Waals surface area contributed by atoms with Crippen LogP contribution in [0, 0.1) is 0 Å². The molecule has 1 fully saturated rings. The van der Waals surface area contributed by atoms with Gasteiger partial charge in [0, 0.05) is 0 Å². The number of methoxy groups -OCH3 is 2. The maximum atomic E-state index is 11.4. The fourth-order valence-corrected chi connectivity index (χ4v) is 2.57. The third kappa shape index (κ3) is 2.85. The van der Waals surface area contributed by atoms with Crippen LogP contribution in [0.5, 0.6) is 11.5 Å². The van der Waals surface area contributed by atoms with Gasteiger partial charge in [-0.25, -0.2) is 0 Å². The van der Waals surface area contributed by atoms with Gasteiger partial charge in [0.1, 0.15) is 0 Å². The van der Waals surface area contributed by atoms with E-state index in [1.165, 1.54) is 14.2 Å². The number of halogens is 1. The van der Waals surface area contributed by atoms with Crippen LogP contribution in [0.15, 0.2) is 17.0 Å². The Hall–Kier alpha value is -1.66. The van der Waals surface area contributed by atoms with E-state index >= 15 is 0 Å². The molecule has 7 heteroatoms.